The molecule has 2 aromatic rings. The Labute approximate surface area is 167 Å². The number of aromatic nitrogens is 2. The second-order valence-corrected chi connectivity index (χ2v) is 8.29. The molecule has 0 saturated carbocycles. The standard InChI is InChI=1S/C18H21F2N5O3S/c1-11-5-6-13(17(23-11)25-9-3-2-4-14(19)16(25)20)18(26)24-12-7-8-22-15(10-12)29(21,27)28/h5-8,10,14,16H,2-4,9H2,1H3,(H2,21,27,28)(H,22,24,26). The van der Waals surface area contributed by atoms with Gasteiger partial charge in [0, 0.05) is 30.2 Å². The molecular formula is C18H21F2N5O3S. The van der Waals surface area contributed by atoms with Gasteiger partial charge in [-0.05, 0) is 44.4 Å². The molecule has 3 rings (SSSR count). The predicted octanol–water partition coefficient (Wildman–Crippen LogP) is 2.31. The van der Waals surface area contributed by atoms with Crippen molar-refractivity contribution in [3.05, 3.63) is 41.7 Å². The van der Waals surface area contributed by atoms with Gasteiger partial charge in [0.25, 0.3) is 15.9 Å². The average Bonchev–Trinajstić information content (AvgIpc) is 2.82. The number of aryl methyl sites for hydroxylation is 1. The van der Waals surface area contributed by atoms with Crippen LogP contribution < -0.4 is 15.4 Å². The zero-order valence-electron chi connectivity index (χ0n) is 15.7. The zero-order valence-corrected chi connectivity index (χ0v) is 16.5. The lowest BCUT2D eigenvalue weighted by Gasteiger charge is -2.28. The van der Waals surface area contributed by atoms with Crippen molar-refractivity contribution in [2.75, 3.05) is 16.8 Å². The smallest absolute Gasteiger partial charge is 0.259 e. The van der Waals surface area contributed by atoms with Gasteiger partial charge in [0.15, 0.2) is 5.03 Å². The number of nitrogens with one attached hydrogen (secondary N) is 1. The van der Waals surface area contributed by atoms with Gasteiger partial charge in [0.1, 0.15) is 12.0 Å². The van der Waals surface area contributed by atoms with E-state index < -0.39 is 33.4 Å². The summed E-state index contributed by atoms with van der Waals surface area (Å²) in [6.07, 6.45) is -1.18. The van der Waals surface area contributed by atoms with Crippen LogP contribution in [0.15, 0.2) is 35.5 Å². The fourth-order valence-electron chi connectivity index (χ4n) is 3.08. The number of carbonyl (C=O) groups excluding carboxylic acids is 1. The fraction of sp³-hybridized carbons (Fsp3) is 0.389. The number of carbonyl (C=O) groups is 1. The number of alkyl halides is 2. The van der Waals surface area contributed by atoms with Gasteiger partial charge in [-0.1, -0.05) is 0 Å². The fourth-order valence-corrected chi connectivity index (χ4v) is 3.58. The summed E-state index contributed by atoms with van der Waals surface area (Å²) in [6.45, 7) is 1.91. The molecule has 1 amide bonds. The van der Waals surface area contributed by atoms with Gasteiger partial charge in [0.05, 0.1) is 5.56 Å². The van der Waals surface area contributed by atoms with E-state index in [4.69, 9.17) is 5.14 Å². The van der Waals surface area contributed by atoms with Crippen molar-refractivity contribution in [3.8, 4) is 0 Å². The van der Waals surface area contributed by atoms with Crippen molar-refractivity contribution in [2.24, 2.45) is 5.14 Å². The van der Waals surface area contributed by atoms with Crippen LogP contribution in [0.4, 0.5) is 20.3 Å². The molecule has 0 aromatic carbocycles. The number of hydrogen-bond donors (Lipinski definition) is 2. The topological polar surface area (TPSA) is 118 Å². The summed E-state index contributed by atoms with van der Waals surface area (Å²) < 4.78 is 51.6. The van der Waals surface area contributed by atoms with Gasteiger partial charge >= 0.3 is 0 Å². The predicted molar refractivity (Wildman–Crippen MR) is 104 cm³/mol. The monoisotopic (exact) mass is 425 g/mol. The molecule has 8 nitrogen and oxygen atoms in total. The summed E-state index contributed by atoms with van der Waals surface area (Å²) in [5.74, 6) is -0.605. The molecule has 1 saturated heterocycles. The van der Waals surface area contributed by atoms with Gasteiger partial charge in [-0.3, -0.25) is 4.79 Å². The summed E-state index contributed by atoms with van der Waals surface area (Å²) in [6, 6.07) is 5.55. The lowest BCUT2D eigenvalue weighted by molar-refractivity contribution is 0.102. The Morgan fingerprint density at radius 1 is 1.28 bits per heavy atom. The number of hydrogen-bond acceptors (Lipinski definition) is 6. The number of primary sulfonamides is 1. The van der Waals surface area contributed by atoms with Crippen molar-refractivity contribution < 1.29 is 22.0 Å². The number of sulfonamides is 1. The van der Waals surface area contributed by atoms with Crippen LogP contribution in [0.5, 0.6) is 0 Å². The Morgan fingerprint density at radius 3 is 2.76 bits per heavy atom. The third-order valence-electron chi connectivity index (χ3n) is 4.54. The van der Waals surface area contributed by atoms with Crippen LogP contribution in [0.1, 0.15) is 35.3 Å². The molecule has 1 fully saturated rings. The normalized spacial score (nSPS) is 20.2. The van der Waals surface area contributed by atoms with Crippen molar-refractivity contribution in [2.45, 2.75) is 43.7 Å². The molecule has 0 aliphatic carbocycles. The highest BCUT2D eigenvalue weighted by molar-refractivity contribution is 7.89. The highest BCUT2D eigenvalue weighted by Crippen LogP contribution is 2.29. The van der Waals surface area contributed by atoms with Crippen molar-refractivity contribution in [1.29, 1.82) is 0 Å². The Bertz CT molecular complexity index is 1020. The largest absolute Gasteiger partial charge is 0.324 e. The minimum absolute atomic E-state index is 0.0419. The summed E-state index contributed by atoms with van der Waals surface area (Å²) in [7, 11) is -4.05. The van der Waals surface area contributed by atoms with Gasteiger partial charge in [-0.25, -0.2) is 32.3 Å². The van der Waals surface area contributed by atoms with Crippen LogP contribution in [0.25, 0.3) is 0 Å². The van der Waals surface area contributed by atoms with E-state index in [9.17, 15) is 22.0 Å². The molecule has 2 aromatic heterocycles. The van der Waals surface area contributed by atoms with E-state index in [0.717, 1.165) is 6.07 Å². The Kier molecular flexibility index (Phi) is 6.08. The SMILES string of the molecule is Cc1ccc(C(=O)Nc2ccnc(S(N)(=O)=O)c2)c(N2CCCCC(F)C2F)n1. The van der Waals surface area contributed by atoms with Crippen molar-refractivity contribution in [1.82, 2.24) is 9.97 Å². The Hall–Kier alpha value is -2.66. The number of nitrogens with two attached hydrogens (primary N) is 1. The number of rotatable bonds is 4. The molecule has 3 N–H and O–H groups in total. The maximum absolute atomic E-state index is 14.7. The van der Waals surface area contributed by atoms with E-state index in [2.05, 4.69) is 15.3 Å². The molecule has 11 heteroatoms. The summed E-state index contributed by atoms with van der Waals surface area (Å²) in [4.78, 5) is 21.9. The van der Waals surface area contributed by atoms with Crippen molar-refractivity contribution >= 4 is 27.4 Å². The van der Waals surface area contributed by atoms with Crippen LogP contribution >= 0.6 is 0 Å². The molecule has 3 heterocycles. The van der Waals surface area contributed by atoms with Crippen LogP contribution in [0.2, 0.25) is 0 Å². The first-order valence-electron chi connectivity index (χ1n) is 8.99. The lowest BCUT2D eigenvalue weighted by Crippen LogP contribution is -2.39. The number of amides is 1. The van der Waals surface area contributed by atoms with Gasteiger partial charge < -0.3 is 10.2 Å². The first kappa shape index (κ1) is 21.1. The highest BCUT2D eigenvalue weighted by atomic mass is 32.2. The minimum atomic E-state index is -4.05. The highest BCUT2D eigenvalue weighted by Gasteiger charge is 2.33. The van der Waals surface area contributed by atoms with Crippen LogP contribution in [0, 0.1) is 6.92 Å². The lowest BCUT2D eigenvalue weighted by atomic mass is 10.2. The van der Waals surface area contributed by atoms with E-state index in [0.29, 0.717) is 18.5 Å². The molecule has 0 spiro atoms. The first-order valence-corrected chi connectivity index (χ1v) is 10.5. The van der Waals surface area contributed by atoms with E-state index in [1.807, 2.05) is 0 Å². The maximum atomic E-state index is 14.7. The summed E-state index contributed by atoms with van der Waals surface area (Å²) in [5, 5.41) is 7.17. The van der Waals surface area contributed by atoms with E-state index in [-0.39, 0.29) is 30.0 Å². The molecule has 2 atom stereocenters. The quantitative estimate of drug-likeness (QED) is 0.726. The summed E-state index contributed by atoms with van der Waals surface area (Å²) in [5.41, 5.74) is 0.724. The second kappa shape index (κ2) is 8.37. The molecule has 2 unspecified atom stereocenters. The molecule has 156 valence electrons. The van der Waals surface area contributed by atoms with Crippen LogP contribution in [0.3, 0.4) is 0 Å². The minimum Gasteiger partial charge on any atom is -0.324 e. The summed E-state index contributed by atoms with van der Waals surface area (Å²) >= 11 is 0. The number of pyridine rings is 2. The van der Waals surface area contributed by atoms with Gasteiger partial charge in [-0.2, -0.15) is 0 Å². The first-order chi connectivity index (χ1) is 13.7. The van der Waals surface area contributed by atoms with Gasteiger partial charge in [0.2, 0.25) is 6.30 Å². The van der Waals surface area contributed by atoms with Crippen molar-refractivity contribution in [3.63, 3.8) is 0 Å². The van der Waals surface area contributed by atoms with E-state index in [1.54, 1.807) is 13.0 Å². The molecule has 0 radical (unpaired) electrons. The number of halogens is 2. The number of anilines is 2. The van der Waals surface area contributed by atoms with E-state index >= 15 is 0 Å². The molecule has 0 bridgehead atoms. The molecule has 1 aliphatic rings. The third-order valence-corrected chi connectivity index (χ3v) is 5.35. The van der Waals surface area contributed by atoms with Crippen LogP contribution in [-0.2, 0) is 10.0 Å². The molecule has 1 aliphatic heterocycles. The van der Waals surface area contributed by atoms with Crippen LogP contribution in [-0.4, -0.2) is 43.3 Å². The van der Waals surface area contributed by atoms with Gasteiger partial charge in [-0.15, -0.1) is 0 Å². The molecular weight excluding hydrogens is 404 g/mol. The third kappa shape index (κ3) is 4.85. The molecule has 29 heavy (non-hydrogen) atoms. The number of nitrogens with zero attached hydrogens (tertiary/aromatic N) is 3. The van der Waals surface area contributed by atoms with E-state index in [1.165, 1.54) is 23.2 Å². The Balaban J connectivity index is 1.94. The Morgan fingerprint density at radius 2 is 2.03 bits per heavy atom. The maximum Gasteiger partial charge on any atom is 0.259 e. The average molecular weight is 425 g/mol. The zero-order chi connectivity index (χ0) is 21.2. The second-order valence-electron chi connectivity index (χ2n) is 6.78.